The highest BCUT2D eigenvalue weighted by atomic mass is 32.1. The molecule has 1 aromatic carbocycles. The summed E-state index contributed by atoms with van der Waals surface area (Å²) < 4.78 is 12.7. The van der Waals surface area contributed by atoms with Gasteiger partial charge in [0.05, 0.1) is 17.2 Å². The molecule has 0 aliphatic carbocycles. The minimum Gasteiger partial charge on any atom is -0.377 e. The van der Waals surface area contributed by atoms with Crippen molar-refractivity contribution >= 4 is 17.0 Å². The van der Waals surface area contributed by atoms with E-state index in [1.807, 2.05) is 12.3 Å². The summed E-state index contributed by atoms with van der Waals surface area (Å²) in [5.41, 5.74) is 3.71. The Morgan fingerprint density at radius 1 is 1.33 bits per heavy atom. The molecule has 0 bridgehead atoms. The number of thiazole rings is 1. The van der Waals surface area contributed by atoms with E-state index in [1.165, 1.54) is 12.1 Å². The predicted molar refractivity (Wildman–Crippen MR) is 60.6 cm³/mol. The molecule has 1 unspecified atom stereocenters. The molecule has 1 aromatic heterocycles. The summed E-state index contributed by atoms with van der Waals surface area (Å²) in [6, 6.07) is 6.46. The number of benzene rings is 1. The first-order valence-electron chi connectivity index (χ1n) is 4.66. The van der Waals surface area contributed by atoms with Gasteiger partial charge in [-0.05, 0) is 31.2 Å². The van der Waals surface area contributed by atoms with E-state index in [-0.39, 0.29) is 11.9 Å². The Hall–Kier alpha value is -1.42. The lowest BCUT2D eigenvalue weighted by Crippen LogP contribution is -2.06. The van der Waals surface area contributed by atoms with E-state index in [4.69, 9.17) is 0 Å². The molecule has 0 aliphatic heterocycles. The standard InChI is InChI=1S/C11H11FN2S/c1-8(11-6-15-7-13-11)14-10-4-2-9(12)3-5-10/h2-8,14H,1H3. The van der Waals surface area contributed by atoms with Gasteiger partial charge in [-0.25, -0.2) is 9.37 Å². The van der Waals surface area contributed by atoms with Crippen LogP contribution in [-0.4, -0.2) is 4.98 Å². The van der Waals surface area contributed by atoms with Crippen LogP contribution in [-0.2, 0) is 0 Å². The Morgan fingerprint density at radius 3 is 2.67 bits per heavy atom. The minimum absolute atomic E-state index is 0.140. The van der Waals surface area contributed by atoms with E-state index in [1.54, 1.807) is 29.0 Å². The van der Waals surface area contributed by atoms with Crippen LogP contribution in [0.2, 0.25) is 0 Å². The molecule has 2 nitrogen and oxygen atoms in total. The van der Waals surface area contributed by atoms with Crippen molar-refractivity contribution in [2.24, 2.45) is 0 Å². The fraction of sp³-hybridized carbons (Fsp3) is 0.182. The van der Waals surface area contributed by atoms with Crippen LogP contribution in [0.15, 0.2) is 35.2 Å². The Morgan fingerprint density at radius 2 is 2.07 bits per heavy atom. The largest absolute Gasteiger partial charge is 0.377 e. The summed E-state index contributed by atoms with van der Waals surface area (Å²) in [5.74, 6) is -0.220. The molecule has 0 fully saturated rings. The third-order valence-electron chi connectivity index (χ3n) is 2.12. The molecule has 2 aromatic rings. The van der Waals surface area contributed by atoms with Crippen LogP contribution in [0.4, 0.5) is 10.1 Å². The van der Waals surface area contributed by atoms with Crippen LogP contribution in [0.5, 0.6) is 0 Å². The summed E-state index contributed by atoms with van der Waals surface area (Å²) in [6.45, 7) is 2.03. The van der Waals surface area contributed by atoms with Gasteiger partial charge >= 0.3 is 0 Å². The number of hydrogen-bond donors (Lipinski definition) is 1. The zero-order valence-corrected chi connectivity index (χ0v) is 9.09. The first-order valence-corrected chi connectivity index (χ1v) is 5.60. The molecule has 2 rings (SSSR count). The van der Waals surface area contributed by atoms with Crippen molar-refractivity contribution in [3.63, 3.8) is 0 Å². The fourth-order valence-electron chi connectivity index (χ4n) is 1.31. The molecule has 15 heavy (non-hydrogen) atoms. The van der Waals surface area contributed by atoms with Gasteiger partial charge in [0.15, 0.2) is 0 Å². The summed E-state index contributed by atoms with van der Waals surface area (Å²) in [5, 5.41) is 5.25. The summed E-state index contributed by atoms with van der Waals surface area (Å²) >= 11 is 1.57. The predicted octanol–water partition coefficient (Wildman–Crippen LogP) is 3.46. The summed E-state index contributed by atoms with van der Waals surface area (Å²) in [7, 11) is 0. The monoisotopic (exact) mass is 222 g/mol. The molecule has 1 N–H and O–H groups in total. The SMILES string of the molecule is CC(Nc1ccc(F)cc1)c1cscn1. The van der Waals surface area contributed by atoms with Crippen molar-refractivity contribution < 1.29 is 4.39 Å². The summed E-state index contributed by atoms with van der Waals surface area (Å²) in [4.78, 5) is 4.21. The molecular weight excluding hydrogens is 211 g/mol. The van der Waals surface area contributed by atoms with Crippen LogP contribution in [0, 0.1) is 5.82 Å². The Kier molecular flexibility index (Phi) is 2.97. The van der Waals surface area contributed by atoms with Crippen LogP contribution >= 0.6 is 11.3 Å². The molecule has 0 spiro atoms. The number of rotatable bonds is 3. The Bertz CT molecular complexity index is 411. The maximum absolute atomic E-state index is 12.7. The zero-order chi connectivity index (χ0) is 10.7. The smallest absolute Gasteiger partial charge is 0.123 e. The quantitative estimate of drug-likeness (QED) is 0.860. The van der Waals surface area contributed by atoms with Gasteiger partial charge in [-0.3, -0.25) is 0 Å². The molecule has 4 heteroatoms. The van der Waals surface area contributed by atoms with Crippen molar-refractivity contribution in [3.8, 4) is 0 Å². The molecule has 0 amide bonds. The number of nitrogens with one attached hydrogen (secondary N) is 1. The lowest BCUT2D eigenvalue weighted by Gasteiger charge is -2.12. The van der Waals surface area contributed by atoms with Crippen LogP contribution < -0.4 is 5.32 Å². The molecule has 0 aliphatic rings. The van der Waals surface area contributed by atoms with Gasteiger partial charge in [0, 0.05) is 11.1 Å². The third-order valence-corrected chi connectivity index (χ3v) is 2.73. The first kappa shape index (κ1) is 10.1. The van der Waals surface area contributed by atoms with E-state index in [0.717, 1.165) is 11.4 Å². The van der Waals surface area contributed by atoms with Crippen molar-refractivity contribution in [2.75, 3.05) is 5.32 Å². The fourth-order valence-corrected chi connectivity index (χ4v) is 1.95. The number of halogens is 1. The van der Waals surface area contributed by atoms with Crippen LogP contribution in [0.3, 0.4) is 0 Å². The lowest BCUT2D eigenvalue weighted by atomic mass is 10.2. The second-order valence-electron chi connectivity index (χ2n) is 3.29. The van der Waals surface area contributed by atoms with Gasteiger partial charge in [0.1, 0.15) is 5.82 Å². The highest BCUT2D eigenvalue weighted by Gasteiger charge is 2.06. The van der Waals surface area contributed by atoms with Crippen molar-refractivity contribution in [1.82, 2.24) is 4.98 Å². The van der Waals surface area contributed by atoms with E-state index in [0.29, 0.717) is 0 Å². The molecule has 0 radical (unpaired) electrons. The zero-order valence-electron chi connectivity index (χ0n) is 8.27. The highest BCUT2D eigenvalue weighted by Crippen LogP contribution is 2.18. The second kappa shape index (κ2) is 4.40. The van der Waals surface area contributed by atoms with Gasteiger partial charge in [0.2, 0.25) is 0 Å². The normalized spacial score (nSPS) is 12.4. The molecule has 1 atom stereocenters. The van der Waals surface area contributed by atoms with Crippen molar-refractivity contribution in [3.05, 3.63) is 46.7 Å². The van der Waals surface area contributed by atoms with Gasteiger partial charge in [-0.2, -0.15) is 0 Å². The van der Waals surface area contributed by atoms with Crippen LogP contribution in [0.25, 0.3) is 0 Å². The average molecular weight is 222 g/mol. The number of anilines is 1. The highest BCUT2D eigenvalue weighted by molar-refractivity contribution is 7.07. The minimum atomic E-state index is -0.220. The van der Waals surface area contributed by atoms with E-state index < -0.39 is 0 Å². The van der Waals surface area contributed by atoms with Crippen LogP contribution in [0.1, 0.15) is 18.7 Å². The second-order valence-corrected chi connectivity index (χ2v) is 4.00. The van der Waals surface area contributed by atoms with Crippen molar-refractivity contribution in [2.45, 2.75) is 13.0 Å². The van der Waals surface area contributed by atoms with Crippen molar-refractivity contribution in [1.29, 1.82) is 0 Å². The Labute approximate surface area is 91.8 Å². The topological polar surface area (TPSA) is 24.9 Å². The van der Waals surface area contributed by atoms with Gasteiger partial charge in [-0.1, -0.05) is 0 Å². The van der Waals surface area contributed by atoms with E-state index in [2.05, 4.69) is 10.3 Å². The maximum Gasteiger partial charge on any atom is 0.123 e. The van der Waals surface area contributed by atoms with E-state index >= 15 is 0 Å². The number of nitrogens with zero attached hydrogens (tertiary/aromatic N) is 1. The number of aromatic nitrogens is 1. The molecule has 0 saturated heterocycles. The summed E-state index contributed by atoms with van der Waals surface area (Å²) in [6.07, 6.45) is 0. The Balaban J connectivity index is 2.06. The van der Waals surface area contributed by atoms with E-state index in [9.17, 15) is 4.39 Å². The van der Waals surface area contributed by atoms with Gasteiger partial charge in [0.25, 0.3) is 0 Å². The third kappa shape index (κ3) is 2.53. The molecule has 1 heterocycles. The first-order chi connectivity index (χ1) is 7.25. The average Bonchev–Trinajstić information content (AvgIpc) is 2.74. The van der Waals surface area contributed by atoms with Gasteiger partial charge in [-0.15, -0.1) is 11.3 Å². The molecular formula is C11H11FN2S. The lowest BCUT2D eigenvalue weighted by molar-refractivity contribution is 0.628. The maximum atomic E-state index is 12.7. The number of hydrogen-bond acceptors (Lipinski definition) is 3. The molecule has 0 saturated carbocycles. The van der Waals surface area contributed by atoms with Gasteiger partial charge < -0.3 is 5.32 Å². The molecule has 78 valence electrons.